The molecule has 0 fully saturated rings. The number of likely N-dealkylation sites (N-methyl/N-ethyl adjacent to an activating group) is 1. The van der Waals surface area contributed by atoms with E-state index < -0.39 is 23.6 Å². The van der Waals surface area contributed by atoms with Crippen LogP contribution in [0.2, 0.25) is 0 Å². The fraction of sp³-hybridized carbons (Fsp3) is 0.364. The van der Waals surface area contributed by atoms with Gasteiger partial charge in [-0.25, -0.2) is 4.79 Å². The number of pyridine rings is 1. The SMILES string of the molecule is CN(C(=O)C(F)(F)F)C(C)(C(=O)O)c1ccccn1. The number of halogens is 3. The lowest BCUT2D eigenvalue weighted by atomic mass is 9.95. The molecule has 0 aliphatic heterocycles. The Labute approximate surface area is 106 Å². The summed E-state index contributed by atoms with van der Waals surface area (Å²) in [4.78, 5) is 26.3. The molecule has 0 bridgehead atoms. The minimum atomic E-state index is -5.15. The molecule has 0 aromatic carbocycles. The lowest BCUT2D eigenvalue weighted by molar-refractivity contribution is -0.193. The number of nitrogens with zero attached hydrogens (tertiary/aromatic N) is 2. The molecule has 0 radical (unpaired) electrons. The van der Waals surface area contributed by atoms with Crippen LogP contribution in [0.4, 0.5) is 13.2 Å². The second-order valence-electron chi connectivity index (χ2n) is 3.95. The second-order valence-corrected chi connectivity index (χ2v) is 3.95. The first kappa shape index (κ1) is 14.9. The first-order chi connectivity index (χ1) is 8.61. The van der Waals surface area contributed by atoms with Gasteiger partial charge in [0.2, 0.25) is 0 Å². The van der Waals surface area contributed by atoms with Gasteiger partial charge in [0.1, 0.15) is 0 Å². The number of hydrogen-bond acceptors (Lipinski definition) is 3. The highest BCUT2D eigenvalue weighted by Gasteiger charge is 2.51. The summed E-state index contributed by atoms with van der Waals surface area (Å²) in [5, 5.41) is 9.17. The third kappa shape index (κ3) is 2.67. The third-order valence-corrected chi connectivity index (χ3v) is 2.80. The number of hydrogen-bond donors (Lipinski definition) is 1. The van der Waals surface area contributed by atoms with Gasteiger partial charge in [0.25, 0.3) is 0 Å². The van der Waals surface area contributed by atoms with Crippen LogP contribution in [-0.2, 0) is 15.1 Å². The highest BCUT2D eigenvalue weighted by molar-refractivity contribution is 5.89. The topological polar surface area (TPSA) is 70.5 Å². The van der Waals surface area contributed by atoms with Crippen molar-refractivity contribution in [1.82, 2.24) is 9.88 Å². The smallest absolute Gasteiger partial charge is 0.471 e. The van der Waals surface area contributed by atoms with Gasteiger partial charge in [-0.3, -0.25) is 9.78 Å². The van der Waals surface area contributed by atoms with E-state index in [-0.39, 0.29) is 10.6 Å². The van der Waals surface area contributed by atoms with Crippen LogP contribution in [-0.4, -0.2) is 40.1 Å². The van der Waals surface area contributed by atoms with Crippen molar-refractivity contribution in [2.24, 2.45) is 0 Å². The number of carbonyl (C=O) groups is 2. The Morgan fingerprint density at radius 2 is 1.89 bits per heavy atom. The van der Waals surface area contributed by atoms with E-state index in [2.05, 4.69) is 4.98 Å². The molecule has 1 amide bonds. The zero-order valence-electron chi connectivity index (χ0n) is 10.1. The Bertz CT molecular complexity index is 490. The molecule has 0 saturated carbocycles. The van der Waals surface area contributed by atoms with Crippen molar-refractivity contribution >= 4 is 11.9 Å². The van der Waals surface area contributed by atoms with Gasteiger partial charge in [-0.15, -0.1) is 0 Å². The fourth-order valence-corrected chi connectivity index (χ4v) is 1.47. The maximum atomic E-state index is 12.4. The number of carboxylic acid groups (broad SMARTS) is 1. The van der Waals surface area contributed by atoms with Crippen LogP contribution in [0.3, 0.4) is 0 Å². The van der Waals surface area contributed by atoms with Gasteiger partial charge in [-0.05, 0) is 19.1 Å². The Kier molecular flexibility index (Phi) is 3.83. The Morgan fingerprint density at radius 3 is 2.26 bits per heavy atom. The summed E-state index contributed by atoms with van der Waals surface area (Å²) >= 11 is 0. The maximum absolute atomic E-state index is 12.4. The minimum absolute atomic E-state index is 0.123. The number of aliphatic carboxylic acids is 1. The predicted molar refractivity (Wildman–Crippen MR) is 58.0 cm³/mol. The molecular weight excluding hydrogens is 265 g/mol. The molecule has 1 atom stereocenters. The zero-order valence-corrected chi connectivity index (χ0v) is 10.1. The number of aromatic nitrogens is 1. The van der Waals surface area contributed by atoms with E-state index in [9.17, 15) is 22.8 Å². The fourth-order valence-electron chi connectivity index (χ4n) is 1.47. The highest BCUT2D eigenvalue weighted by Crippen LogP contribution is 2.30. The molecule has 104 valence electrons. The molecule has 0 aliphatic rings. The van der Waals surface area contributed by atoms with E-state index in [1.165, 1.54) is 24.4 Å². The monoisotopic (exact) mass is 276 g/mol. The molecular formula is C11H11F3N2O3. The van der Waals surface area contributed by atoms with Crippen LogP contribution in [0.1, 0.15) is 12.6 Å². The van der Waals surface area contributed by atoms with E-state index in [0.29, 0.717) is 0 Å². The van der Waals surface area contributed by atoms with E-state index in [1.807, 2.05) is 0 Å². The maximum Gasteiger partial charge on any atom is 0.471 e. The molecule has 0 spiro atoms. The van der Waals surface area contributed by atoms with Crippen molar-refractivity contribution in [3.63, 3.8) is 0 Å². The highest BCUT2D eigenvalue weighted by atomic mass is 19.4. The molecule has 0 saturated heterocycles. The van der Waals surface area contributed by atoms with Crippen molar-refractivity contribution in [2.45, 2.75) is 18.6 Å². The van der Waals surface area contributed by atoms with E-state index >= 15 is 0 Å². The normalized spacial score (nSPS) is 14.6. The standard InChI is InChI=1S/C11H11F3N2O3/c1-10(9(18)19,7-5-3-4-6-15-7)16(2)8(17)11(12,13)14/h3-6H,1-2H3,(H,18,19). The summed E-state index contributed by atoms with van der Waals surface area (Å²) in [5.41, 5.74) is -2.36. The van der Waals surface area contributed by atoms with Crippen molar-refractivity contribution in [3.05, 3.63) is 30.1 Å². The summed E-state index contributed by atoms with van der Waals surface area (Å²) in [6, 6.07) is 4.15. The van der Waals surface area contributed by atoms with Gasteiger partial charge in [0.15, 0.2) is 5.54 Å². The van der Waals surface area contributed by atoms with Crippen molar-refractivity contribution < 1.29 is 27.9 Å². The van der Waals surface area contributed by atoms with Gasteiger partial charge in [0, 0.05) is 13.2 Å². The summed E-state index contributed by atoms with van der Waals surface area (Å²) < 4.78 is 37.2. The number of carbonyl (C=O) groups excluding carboxylic acids is 1. The third-order valence-electron chi connectivity index (χ3n) is 2.80. The van der Waals surface area contributed by atoms with Gasteiger partial charge < -0.3 is 10.0 Å². The first-order valence-electron chi connectivity index (χ1n) is 5.11. The van der Waals surface area contributed by atoms with Gasteiger partial charge in [-0.2, -0.15) is 13.2 Å². The van der Waals surface area contributed by atoms with Crippen LogP contribution < -0.4 is 0 Å². The number of carboxylic acids is 1. The first-order valence-corrected chi connectivity index (χ1v) is 5.11. The molecule has 1 aromatic rings. The predicted octanol–water partition coefficient (Wildman–Crippen LogP) is 1.40. The molecule has 1 unspecified atom stereocenters. The molecule has 5 nitrogen and oxygen atoms in total. The summed E-state index contributed by atoms with van der Waals surface area (Å²) in [6.07, 6.45) is -3.91. The molecule has 1 heterocycles. The molecule has 19 heavy (non-hydrogen) atoms. The van der Waals surface area contributed by atoms with Crippen LogP contribution in [0, 0.1) is 0 Å². The largest absolute Gasteiger partial charge is 0.479 e. The Balaban J connectivity index is 3.29. The number of amides is 1. The molecule has 8 heteroatoms. The van der Waals surface area contributed by atoms with Gasteiger partial charge in [0.05, 0.1) is 5.69 Å². The van der Waals surface area contributed by atoms with Crippen molar-refractivity contribution in [3.8, 4) is 0 Å². The summed E-state index contributed by atoms with van der Waals surface area (Å²) in [5.74, 6) is -3.85. The Morgan fingerprint density at radius 1 is 1.32 bits per heavy atom. The minimum Gasteiger partial charge on any atom is -0.479 e. The lowest BCUT2D eigenvalue weighted by Gasteiger charge is -2.34. The molecule has 1 N–H and O–H groups in total. The average molecular weight is 276 g/mol. The summed E-state index contributed by atoms with van der Waals surface area (Å²) in [6.45, 7) is 0.987. The summed E-state index contributed by atoms with van der Waals surface area (Å²) in [7, 11) is 0.776. The Hall–Kier alpha value is -2.12. The second kappa shape index (κ2) is 4.87. The van der Waals surface area contributed by atoms with E-state index in [1.54, 1.807) is 0 Å². The lowest BCUT2D eigenvalue weighted by Crippen LogP contribution is -2.54. The number of rotatable bonds is 3. The van der Waals surface area contributed by atoms with Crippen LogP contribution >= 0.6 is 0 Å². The van der Waals surface area contributed by atoms with Crippen LogP contribution in [0.5, 0.6) is 0 Å². The molecule has 1 aromatic heterocycles. The van der Waals surface area contributed by atoms with Gasteiger partial charge >= 0.3 is 18.1 Å². The van der Waals surface area contributed by atoms with Gasteiger partial charge in [-0.1, -0.05) is 6.07 Å². The zero-order chi connectivity index (χ0) is 14.8. The van der Waals surface area contributed by atoms with E-state index in [0.717, 1.165) is 14.0 Å². The van der Waals surface area contributed by atoms with Crippen LogP contribution in [0.15, 0.2) is 24.4 Å². The van der Waals surface area contributed by atoms with E-state index in [4.69, 9.17) is 5.11 Å². The van der Waals surface area contributed by atoms with Crippen molar-refractivity contribution in [2.75, 3.05) is 7.05 Å². The average Bonchev–Trinajstić information content (AvgIpc) is 2.35. The van der Waals surface area contributed by atoms with Crippen LogP contribution in [0.25, 0.3) is 0 Å². The molecule has 0 aliphatic carbocycles. The number of alkyl halides is 3. The quantitative estimate of drug-likeness (QED) is 0.906. The molecule has 1 rings (SSSR count). The van der Waals surface area contributed by atoms with Crippen molar-refractivity contribution in [1.29, 1.82) is 0 Å².